The van der Waals surface area contributed by atoms with Crippen molar-refractivity contribution in [2.75, 3.05) is 7.05 Å². The van der Waals surface area contributed by atoms with Crippen LogP contribution in [0.4, 0.5) is 14.5 Å². The van der Waals surface area contributed by atoms with Crippen molar-refractivity contribution in [2.24, 2.45) is 0 Å². The van der Waals surface area contributed by atoms with Gasteiger partial charge in [0.1, 0.15) is 6.54 Å². The fourth-order valence-corrected chi connectivity index (χ4v) is 2.78. The maximum atomic E-state index is 13.4. The van der Waals surface area contributed by atoms with E-state index in [9.17, 15) is 28.5 Å². The van der Waals surface area contributed by atoms with E-state index < -0.39 is 34.3 Å². The van der Waals surface area contributed by atoms with E-state index >= 15 is 0 Å². The van der Waals surface area contributed by atoms with Gasteiger partial charge in [-0.1, -0.05) is 6.07 Å². The predicted octanol–water partition coefficient (Wildman–Crippen LogP) is 3.00. The minimum atomic E-state index is -1.02. The molecule has 1 aromatic heterocycles. The summed E-state index contributed by atoms with van der Waals surface area (Å²) in [5, 5.41) is 10.8. The van der Waals surface area contributed by atoms with E-state index in [2.05, 4.69) is 0 Å². The van der Waals surface area contributed by atoms with Crippen molar-refractivity contribution >= 4 is 22.7 Å². The molecule has 2 aromatic carbocycles. The smallest absolute Gasteiger partial charge is 0.407 e. The molecule has 1 heterocycles. The third kappa shape index (κ3) is 3.48. The summed E-state index contributed by atoms with van der Waals surface area (Å²) in [5.74, 6) is -3.34. The number of halogens is 2. The Bertz CT molecular complexity index is 1140. The van der Waals surface area contributed by atoms with Crippen LogP contribution in [0.2, 0.25) is 0 Å². The fraction of sp³-hybridized carbons (Fsp3) is 0.222. The summed E-state index contributed by atoms with van der Waals surface area (Å²) in [6.07, 6.45) is 0. The highest BCUT2D eigenvalue weighted by atomic mass is 19.2. The van der Waals surface area contributed by atoms with Gasteiger partial charge in [-0.15, -0.1) is 0 Å². The molecule has 0 radical (unpaired) electrons. The Labute approximate surface area is 156 Å². The molecule has 0 N–H and O–H groups in total. The zero-order chi connectivity index (χ0) is 20.6. The van der Waals surface area contributed by atoms with E-state index in [1.807, 2.05) is 0 Å². The van der Waals surface area contributed by atoms with Crippen molar-refractivity contribution in [3.63, 3.8) is 0 Å². The molecule has 28 heavy (non-hydrogen) atoms. The van der Waals surface area contributed by atoms with E-state index in [0.29, 0.717) is 5.56 Å². The molecule has 0 aliphatic carbocycles. The molecule has 146 valence electrons. The lowest BCUT2D eigenvalue weighted by Crippen LogP contribution is -2.34. The van der Waals surface area contributed by atoms with Gasteiger partial charge in [0, 0.05) is 13.1 Å². The molecule has 0 saturated heterocycles. The van der Waals surface area contributed by atoms with Crippen LogP contribution in [0.1, 0.15) is 18.5 Å². The van der Waals surface area contributed by atoms with Gasteiger partial charge in [-0.2, -0.15) is 0 Å². The molecule has 3 aromatic rings. The summed E-state index contributed by atoms with van der Waals surface area (Å²) >= 11 is 0. The van der Waals surface area contributed by atoms with Gasteiger partial charge in [0.15, 0.2) is 17.2 Å². The van der Waals surface area contributed by atoms with Crippen LogP contribution in [0.5, 0.6) is 0 Å². The second kappa shape index (κ2) is 7.22. The zero-order valence-electron chi connectivity index (χ0n) is 14.9. The summed E-state index contributed by atoms with van der Waals surface area (Å²) in [7, 11) is 1.46. The molecule has 0 aliphatic rings. The number of carbonyl (C=O) groups excluding carboxylic acids is 1. The Morgan fingerprint density at radius 2 is 1.96 bits per heavy atom. The second-order valence-electron chi connectivity index (χ2n) is 6.22. The number of nitrogens with zero attached hydrogens (tertiary/aromatic N) is 3. The number of rotatable bonds is 5. The van der Waals surface area contributed by atoms with E-state index in [1.165, 1.54) is 30.1 Å². The average Bonchev–Trinajstić information content (AvgIpc) is 2.97. The zero-order valence-corrected chi connectivity index (χ0v) is 14.9. The van der Waals surface area contributed by atoms with E-state index in [4.69, 9.17) is 4.42 Å². The van der Waals surface area contributed by atoms with Crippen molar-refractivity contribution in [3.8, 4) is 0 Å². The number of likely N-dealkylation sites (N-methyl/N-ethyl adjacent to an activating group) is 1. The number of nitro groups is 1. The van der Waals surface area contributed by atoms with Crippen LogP contribution in [0, 0.1) is 21.7 Å². The molecular formula is C18H15F2N3O5. The summed E-state index contributed by atoms with van der Waals surface area (Å²) in [5.41, 5.74) is 0.361. The molecule has 10 heteroatoms. The maximum Gasteiger partial charge on any atom is 0.420 e. The maximum absolute atomic E-state index is 13.4. The number of hydrogen-bond acceptors (Lipinski definition) is 5. The van der Waals surface area contributed by atoms with Crippen molar-refractivity contribution in [3.05, 3.63) is 74.3 Å². The number of nitro benzene ring substituents is 1. The Morgan fingerprint density at radius 3 is 2.61 bits per heavy atom. The number of aromatic nitrogens is 1. The SMILES string of the molecule is CC(c1ccc(F)c(F)c1)N(C)C(=O)Cn1c(=O)oc2cc([N+](=O)[O-])ccc21. The molecular weight excluding hydrogens is 376 g/mol. The van der Waals surface area contributed by atoms with Crippen LogP contribution in [0.3, 0.4) is 0 Å². The molecule has 1 unspecified atom stereocenters. The normalized spacial score (nSPS) is 12.1. The minimum absolute atomic E-state index is 0.0108. The average molecular weight is 391 g/mol. The Kier molecular flexibility index (Phi) is 4.95. The largest absolute Gasteiger partial charge is 0.420 e. The lowest BCUT2D eigenvalue weighted by Gasteiger charge is -2.25. The summed E-state index contributed by atoms with van der Waals surface area (Å²) in [6, 6.07) is 6.38. The van der Waals surface area contributed by atoms with Crippen LogP contribution >= 0.6 is 0 Å². The van der Waals surface area contributed by atoms with Gasteiger partial charge >= 0.3 is 5.76 Å². The third-order valence-corrected chi connectivity index (χ3v) is 4.56. The Hall–Kier alpha value is -3.56. The molecule has 0 saturated carbocycles. The van der Waals surface area contributed by atoms with E-state index in [1.54, 1.807) is 6.92 Å². The summed E-state index contributed by atoms with van der Waals surface area (Å²) < 4.78 is 32.6. The van der Waals surface area contributed by atoms with Crippen LogP contribution in [0.25, 0.3) is 11.1 Å². The lowest BCUT2D eigenvalue weighted by atomic mass is 10.1. The second-order valence-corrected chi connectivity index (χ2v) is 6.22. The van der Waals surface area contributed by atoms with E-state index in [0.717, 1.165) is 22.8 Å². The minimum Gasteiger partial charge on any atom is -0.407 e. The van der Waals surface area contributed by atoms with Crippen molar-refractivity contribution < 1.29 is 22.9 Å². The van der Waals surface area contributed by atoms with Gasteiger partial charge in [0.25, 0.3) is 5.69 Å². The van der Waals surface area contributed by atoms with Gasteiger partial charge in [-0.3, -0.25) is 19.5 Å². The first kappa shape index (κ1) is 19.2. The highest BCUT2D eigenvalue weighted by Crippen LogP contribution is 2.23. The molecule has 1 atom stereocenters. The van der Waals surface area contributed by atoms with Crippen LogP contribution in [-0.2, 0) is 11.3 Å². The summed E-state index contributed by atoms with van der Waals surface area (Å²) in [4.78, 5) is 36.1. The number of oxazole rings is 1. The quantitative estimate of drug-likeness (QED) is 0.492. The van der Waals surface area contributed by atoms with Gasteiger partial charge < -0.3 is 9.32 Å². The Balaban J connectivity index is 1.85. The Morgan fingerprint density at radius 1 is 1.25 bits per heavy atom. The number of hydrogen-bond donors (Lipinski definition) is 0. The third-order valence-electron chi connectivity index (χ3n) is 4.56. The molecule has 0 fully saturated rings. The molecule has 8 nitrogen and oxygen atoms in total. The molecule has 0 spiro atoms. The summed E-state index contributed by atoms with van der Waals surface area (Å²) in [6.45, 7) is 1.25. The molecule has 0 bridgehead atoms. The van der Waals surface area contributed by atoms with Gasteiger partial charge in [-0.25, -0.2) is 13.6 Å². The van der Waals surface area contributed by atoms with Crippen molar-refractivity contribution in [2.45, 2.75) is 19.5 Å². The topological polar surface area (TPSA) is 98.6 Å². The predicted molar refractivity (Wildman–Crippen MR) is 94.7 cm³/mol. The van der Waals surface area contributed by atoms with E-state index in [-0.39, 0.29) is 23.3 Å². The number of carbonyl (C=O) groups is 1. The number of non-ortho nitro benzene ring substituents is 1. The highest BCUT2D eigenvalue weighted by molar-refractivity contribution is 5.80. The number of benzene rings is 2. The molecule has 1 amide bonds. The van der Waals surface area contributed by atoms with Crippen molar-refractivity contribution in [1.82, 2.24) is 9.47 Å². The van der Waals surface area contributed by atoms with Gasteiger partial charge in [-0.05, 0) is 30.7 Å². The first-order chi connectivity index (χ1) is 13.2. The van der Waals surface area contributed by atoms with Gasteiger partial charge in [0.05, 0.1) is 22.5 Å². The first-order valence-electron chi connectivity index (χ1n) is 8.17. The highest BCUT2D eigenvalue weighted by Gasteiger charge is 2.22. The van der Waals surface area contributed by atoms with Gasteiger partial charge in [0.2, 0.25) is 5.91 Å². The van der Waals surface area contributed by atoms with Crippen LogP contribution < -0.4 is 5.76 Å². The van der Waals surface area contributed by atoms with Crippen molar-refractivity contribution in [1.29, 1.82) is 0 Å². The molecule has 3 rings (SSSR count). The van der Waals surface area contributed by atoms with Crippen LogP contribution in [0.15, 0.2) is 45.6 Å². The number of fused-ring (bicyclic) bond motifs is 1. The standard InChI is InChI=1S/C18H15F2N3O5/c1-10(11-3-5-13(19)14(20)7-11)21(2)17(24)9-22-15-6-4-12(23(26)27)8-16(15)28-18(22)25/h3-8,10H,9H2,1-2H3. The van der Waals surface area contributed by atoms with Crippen LogP contribution in [-0.4, -0.2) is 27.3 Å². The lowest BCUT2D eigenvalue weighted by molar-refractivity contribution is -0.384. The number of amides is 1. The monoisotopic (exact) mass is 391 g/mol. The first-order valence-corrected chi connectivity index (χ1v) is 8.17. The molecule has 0 aliphatic heterocycles. The fourth-order valence-electron chi connectivity index (χ4n) is 2.78.